The zero-order chi connectivity index (χ0) is 18.8. The fourth-order valence-electron chi connectivity index (χ4n) is 2.65. The SMILES string of the molecule is CCCC(OC(O)C(NC)C(C)Sc1ccc(CN(C)C)cc1)SC. The van der Waals surface area contributed by atoms with Gasteiger partial charge in [-0.2, -0.15) is 0 Å². The Balaban J connectivity index is 2.63. The molecule has 1 aromatic rings. The van der Waals surface area contributed by atoms with Crippen molar-refractivity contribution in [3.63, 3.8) is 0 Å². The van der Waals surface area contributed by atoms with Crippen LogP contribution in [0.2, 0.25) is 0 Å². The summed E-state index contributed by atoms with van der Waals surface area (Å²) in [5.74, 6) is 0. The van der Waals surface area contributed by atoms with E-state index < -0.39 is 6.29 Å². The van der Waals surface area contributed by atoms with E-state index in [9.17, 15) is 5.11 Å². The summed E-state index contributed by atoms with van der Waals surface area (Å²) in [7, 11) is 6.02. The van der Waals surface area contributed by atoms with Crippen molar-refractivity contribution >= 4 is 23.5 Å². The van der Waals surface area contributed by atoms with Gasteiger partial charge in [0.2, 0.25) is 0 Å². The quantitative estimate of drug-likeness (QED) is 0.422. The maximum Gasteiger partial charge on any atom is 0.172 e. The van der Waals surface area contributed by atoms with Gasteiger partial charge in [0.1, 0.15) is 5.44 Å². The second kappa shape index (κ2) is 12.2. The molecule has 1 rings (SSSR count). The number of nitrogens with zero attached hydrogens (tertiary/aromatic N) is 1. The topological polar surface area (TPSA) is 44.7 Å². The van der Waals surface area contributed by atoms with Crippen LogP contribution in [0.15, 0.2) is 29.2 Å². The van der Waals surface area contributed by atoms with E-state index in [-0.39, 0.29) is 16.7 Å². The highest BCUT2D eigenvalue weighted by molar-refractivity contribution is 8.00. The summed E-state index contributed by atoms with van der Waals surface area (Å²) in [6.45, 7) is 5.20. The molecule has 0 amide bonds. The number of benzene rings is 1. The van der Waals surface area contributed by atoms with Crippen molar-refractivity contribution in [2.24, 2.45) is 0 Å². The van der Waals surface area contributed by atoms with Gasteiger partial charge in [0, 0.05) is 16.7 Å². The molecule has 0 aliphatic rings. The number of ether oxygens (including phenoxy) is 1. The summed E-state index contributed by atoms with van der Waals surface area (Å²) in [5, 5.41) is 13.9. The van der Waals surface area contributed by atoms with E-state index >= 15 is 0 Å². The van der Waals surface area contributed by atoms with Gasteiger partial charge < -0.3 is 20.1 Å². The van der Waals surface area contributed by atoms with E-state index in [1.807, 2.05) is 13.3 Å². The van der Waals surface area contributed by atoms with Gasteiger partial charge >= 0.3 is 0 Å². The molecule has 0 fully saturated rings. The lowest BCUT2D eigenvalue weighted by Gasteiger charge is -2.30. The molecular formula is C19H34N2O2S2. The first-order chi connectivity index (χ1) is 11.9. The first-order valence-electron chi connectivity index (χ1n) is 8.85. The van der Waals surface area contributed by atoms with Crippen LogP contribution in [-0.2, 0) is 11.3 Å². The van der Waals surface area contributed by atoms with Gasteiger partial charge in [0.05, 0.1) is 6.04 Å². The van der Waals surface area contributed by atoms with Crippen molar-refractivity contribution < 1.29 is 9.84 Å². The van der Waals surface area contributed by atoms with Crippen molar-refractivity contribution in [2.75, 3.05) is 27.4 Å². The van der Waals surface area contributed by atoms with Crippen molar-refractivity contribution in [1.29, 1.82) is 0 Å². The largest absolute Gasteiger partial charge is 0.367 e. The van der Waals surface area contributed by atoms with Gasteiger partial charge in [0.25, 0.3) is 0 Å². The Hall–Kier alpha value is -0.240. The molecule has 6 heteroatoms. The van der Waals surface area contributed by atoms with E-state index in [0.717, 1.165) is 19.4 Å². The average molecular weight is 387 g/mol. The summed E-state index contributed by atoms with van der Waals surface area (Å²) >= 11 is 3.41. The van der Waals surface area contributed by atoms with E-state index in [1.165, 1.54) is 10.5 Å². The monoisotopic (exact) mass is 386 g/mol. The molecule has 0 radical (unpaired) electrons. The molecule has 4 atom stereocenters. The molecule has 25 heavy (non-hydrogen) atoms. The third kappa shape index (κ3) is 8.33. The zero-order valence-corrected chi connectivity index (χ0v) is 18.0. The van der Waals surface area contributed by atoms with Crippen molar-refractivity contribution in [1.82, 2.24) is 10.2 Å². The smallest absolute Gasteiger partial charge is 0.172 e. The van der Waals surface area contributed by atoms with E-state index in [1.54, 1.807) is 23.5 Å². The predicted octanol–water partition coefficient (Wildman–Crippen LogP) is 3.64. The molecule has 0 aliphatic carbocycles. The van der Waals surface area contributed by atoms with Crippen LogP contribution in [0.4, 0.5) is 0 Å². The normalized spacial score (nSPS) is 16.6. The highest BCUT2D eigenvalue weighted by Crippen LogP contribution is 2.28. The van der Waals surface area contributed by atoms with E-state index in [2.05, 4.69) is 62.4 Å². The molecule has 4 unspecified atom stereocenters. The number of thioether (sulfide) groups is 2. The maximum atomic E-state index is 10.5. The van der Waals surface area contributed by atoms with E-state index in [4.69, 9.17) is 4.74 Å². The van der Waals surface area contributed by atoms with Crippen LogP contribution in [0.5, 0.6) is 0 Å². The summed E-state index contributed by atoms with van der Waals surface area (Å²) < 4.78 is 5.85. The Morgan fingerprint density at radius 1 is 1.24 bits per heavy atom. The maximum absolute atomic E-state index is 10.5. The minimum atomic E-state index is -0.815. The molecule has 0 aliphatic heterocycles. The minimum absolute atomic E-state index is 0.0402. The molecule has 0 aromatic heterocycles. The lowest BCUT2D eigenvalue weighted by atomic mass is 10.2. The number of hydrogen-bond acceptors (Lipinski definition) is 6. The highest BCUT2D eigenvalue weighted by atomic mass is 32.2. The summed E-state index contributed by atoms with van der Waals surface area (Å²) in [6, 6.07) is 8.52. The third-order valence-corrected chi connectivity index (χ3v) is 6.05. The third-order valence-electron chi connectivity index (χ3n) is 3.97. The van der Waals surface area contributed by atoms with Gasteiger partial charge in [0.15, 0.2) is 6.29 Å². The molecule has 1 aromatic carbocycles. The van der Waals surface area contributed by atoms with Gasteiger partial charge in [-0.15, -0.1) is 23.5 Å². The Kier molecular flexibility index (Phi) is 11.1. The molecule has 0 saturated heterocycles. The summed E-state index contributed by atoms with van der Waals surface area (Å²) in [6.07, 6.45) is 3.20. The van der Waals surface area contributed by atoms with Crippen LogP contribution in [0, 0.1) is 0 Å². The average Bonchev–Trinajstić information content (AvgIpc) is 2.56. The molecular weight excluding hydrogens is 352 g/mol. The van der Waals surface area contributed by atoms with E-state index in [0.29, 0.717) is 0 Å². The lowest BCUT2D eigenvalue weighted by Crippen LogP contribution is -2.46. The number of aliphatic hydroxyl groups is 1. The molecule has 2 N–H and O–H groups in total. The van der Waals surface area contributed by atoms with Gasteiger partial charge in [-0.05, 0) is 51.5 Å². The highest BCUT2D eigenvalue weighted by Gasteiger charge is 2.27. The fourth-order valence-corrected chi connectivity index (χ4v) is 4.49. The Labute approximate surface area is 162 Å². The Morgan fingerprint density at radius 3 is 2.36 bits per heavy atom. The number of likely N-dealkylation sites (N-methyl/N-ethyl adjacent to an activating group) is 1. The van der Waals surface area contributed by atoms with Crippen LogP contribution in [0.1, 0.15) is 32.3 Å². The van der Waals surface area contributed by atoms with Gasteiger partial charge in [-0.3, -0.25) is 0 Å². The van der Waals surface area contributed by atoms with Crippen molar-refractivity contribution in [3.8, 4) is 0 Å². The number of rotatable bonds is 12. The Bertz CT molecular complexity index is 471. The van der Waals surface area contributed by atoms with Crippen LogP contribution < -0.4 is 5.32 Å². The van der Waals surface area contributed by atoms with Crippen LogP contribution >= 0.6 is 23.5 Å². The van der Waals surface area contributed by atoms with Crippen LogP contribution in [0.3, 0.4) is 0 Å². The molecule has 0 heterocycles. The number of hydrogen-bond donors (Lipinski definition) is 2. The second-order valence-electron chi connectivity index (χ2n) is 6.50. The van der Waals surface area contributed by atoms with Crippen LogP contribution in [-0.4, -0.2) is 60.4 Å². The lowest BCUT2D eigenvalue weighted by molar-refractivity contribution is -0.129. The number of aliphatic hydroxyl groups excluding tert-OH is 1. The van der Waals surface area contributed by atoms with Crippen LogP contribution in [0.25, 0.3) is 0 Å². The second-order valence-corrected chi connectivity index (χ2v) is 8.95. The zero-order valence-electron chi connectivity index (χ0n) is 16.4. The minimum Gasteiger partial charge on any atom is -0.367 e. The molecule has 144 valence electrons. The molecule has 0 bridgehead atoms. The van der Waals surface area contributed by atoms with Crippen molar-refractivity contribution in [2.45, 2.75) is 61.1 Å². The first-order valence-corrected chi connectivity index (χ1v) is 11.0. The standard InChI is InChI=1S/C19H34N2O2S2/c1-7-8-17(24-6)23-19(22)18(20-3)14(2)25-16-11-9-15(10-12-16)13-21(4)5/h9-12,14,17-20,22H,7-8,13H2,1-6H3. The summed E-state index contributed by atoms with van der Waals surface area (Å²) in [5.41, 5.74) is 1.34. The van der Waals surface area contributed by atoms with Gasteiger partial charge in [-0.25, -0.2) is 0 Å². The number of nitrogens with one attached hydrogen (secondary N) is 1. The molecule has 4 nitrogen and oxygen atoms in total. The molecule has 0 saturated carbocycles. The molecule has 0 spiro atoms. The predicted molar refractivity (Wildman–Crippen MR) is 111 cm³/mol. The fraction of sp³-hybridized carbons (Fsp3) is 0.684. The van der Waals surface area contributed by atoms with Crippen molar-refractivity contribution in [3.05, 3.63) is 29.8 Å². The Morgan fingerprint density at radius 2 is 1.88 bits per heavy atom. The van der Waals surface area contributed by atoms with Gasteiger partial charge in [-0.1, -0.05) is 32.4 Å². The summed E-state index contributed by atoms with van der Waals surface area (Å²) in [4.78, 5) is 3.37. The first kappa shape index (κ1) is 22.8.